The molecule has 5 nitrogen and oxygen atoms in total. The van der Waals surface area contributed by atoms with Crippen molar-refractivity contribution in [2.75, 3.05) is 0 Å². The Labute approximate surface area is 103 Å². The molecule has 1 aromatic heterocycles. The summed E-state index contributed by atoms with van der Waals surface area (Å²) in [5.41, 5.74) is 1.18. The molecule has 0 aliphatic heterocycles. The fourth-order valence-electron chi connectivity index (χ4n) is 1.74. The number of nitrogens with zero attached hydrogens (tertiary/aromatic N) is 2. The summed E-state index contributed by atoms with van der Waals surface area (Å²) >= 11 is 0. The number of hydrogen-bond donors (Lipinski definition) is 1. The fraction of sp³-hybridized carbons (Fsp3) is 0.154. The van der Waals surface area contributed by atoms with E-state index in [2.05, 4.69) is 4.98 Å². The molecular weight excluding hydrogens is 232 g/mol. The monoisotopic (exact) mass is 244 g/mol. The van der Waals surface area contributed by atoms with Gasteiger partial charge in [0.05, 0.1) is 13.0 Å². The van der Waals surface area contributed by atoms with Gasteiger partial charge in [0.25, 0.3) is 0 Å². The highest BCUT2D eigenvalue weighted by molar-refractivity contribution is 5.70. The average molecular weight is 244 g/mol. The van der Waals surface area contributed by atoms with Gasteiger partial charge in [0.1, 0.15) is 0 Å². The Kier molecular flexibility index (Phi) is 3.52. The second-order valence-corrected chi connectivity index (χ2v) is 3.87. The lowest BCUT2D eigenvalue weighted by molar-refractivity contribution is -0.136. The van der Waals surface area contributed by atoms with Gasteiger partial charge in [-0.25, -0.2) is 9.78 Å². The van der Waals surface area contributed by atoms with E-state index in [1.165, 1.54) is 10.8 Å². The highest BCUT2D eigenvalue weighted by atomic mass is 16.4. The minimum absolute atomic E-state index is 0.0504. The molecule has 5 heteroatoms. The van der Waals surface area contributed by atoms with E-state index >= 15 is 0 Å². The number of rotatable bonds is 4. The van der Waals surface area contributed by atoms with Crippen LogP contribution in [0.3, 0.4) is 0 Å². The topological polar surface area (TPSA) is 72.2 Å². The first-order valence-electron chi connectivity index (χ1n) is 5.47. The molecule has 0 amide bonds. The van der Waals surface area contributed by atoms with Crippen LogP contribution in [0.2, 0.25) is 0 Å². The predicted molar refractivity (Wildman–Crippen MR) is 65.4 cm³/mol. The number of aliphatic carboxylic acids is 1. The number of carboxylic acids is 1. The lowest BCUT2D eigenvalue weighted by Crippen LogP contribution is -2.22. The van der Waals surface area contributed by atoms with Gasteiger partial charge in [-0.2, -0.15) is 0 Å². The Hall–Kier alpha value is -2.43. The van der Waals surface area contributed by atoms with Gasteiger partial charge in [0.2, 0.25) is 0 Å². The van der Waals surface area contributed by atoms with Crippen LogP contribution in [0.1, 0.15) is 11.1 Å². The van der Waals surface area contributed by atoms with E-state index < -0.39 is 5.97 Å². The standard InChI is InChI=1S/C13H12N2O3/c16-12(17)8-10-4-1-2-5-11(10)9-15-7-3-6-14-13(15)18/h1-7H,8-9H2,(H,16,17). The van der Waals surface area contributed by atoms with Crippen LogP contribution in [0.25, 0.3) is 0 Å². The zero-order chi connectivity index (χ0) is 13.0. The van der Waals surface area contributed by atoms with Crippen LogP contribution in [0, 0.1) is 0 Å². The van der Waals surface area contributed by atoms with Crippen molar-refractivity contribution in [3.63, 3.8) is 0 Å². The molecule has 0 aliphatic carbocycles. The van der Waals surface area contributed by atoms with Gasteiger partial charge in [-0.3, -0.25) is 9.36 Å². The van der Waals surface area contributed by atoms with Crippen LogP contribution >= 0.6 is 0 Å². The summed E-state index contributed by atoms with van der Waals surface area (Å²) in [4.78, 5) is 25.9. The largest absolute Gasteiger partial charge is 0.481 e. The van der Waals surface area contributed by atoms with Crippen molar-refractivity contribution in [3.05, 3.63) is 64.3 Å². The number of carbonyl (C=O) groups is 1. The molecule has 1 heterocycles. The van der Waals surface area contributed by atoms with Crippen LogP contribution in [0.5, 0.6) is 0 Å². The molecule has 92 valence electrons. The molecular formula is C13H12N2O3. The van der Waals surface area contributed by atoms with Crippen molar-refractivity contribution < 1.29 is 9.90 Å². The van der Waals surface area contributed by atoms with E-state index in [1.807, 2.05) is 12.1 Å². The van der Waals surface area contributed by atoms with Crippen molar-refractivity contribution in [2.45, 2.75) is 13.0 Å². The quantitative estimate of drug-likeness (QED) is 0.868. The first kappa shape index (κ1) is 12.0. The molecule has 0 saturated heterocycles. The summed E-state index contributed by atoms with van der Waals surface area (Å²) in [6, 6.07) is 8.85. The lowest BCUT2D eigenvalue weighted by atomic mass is 10.0. The van der Waals surface area contributed by atoms with Gasteiger partial charge in [0.15, 0.2) is 0 Å². The van der Waals surface area contributed by atoms with Gasteiger partial charge in [-0.05, 0) is 17.2 Å². The first-order chi connectivity index (χ1) is 8.66. The van der Waals surface area contributed by atoms with E-state index in [1.54, 1.807) is 24.4 Å². The zero-order valence-electron chi connectivity index (χ0n) is 9.61. The summed E-state index contributed by atoms with van der Waals surface area (Å²) in [5.74, 6) is -0.888. The van der Waals surface area contributed by atoms with E-state index in [9.17, 15) is 9.59 Å². The SMILES string of the molecule is O=C(O)Cc1ccccc1Cn1cccnc1=O. The predicted octanol–water partition coefficient (Wildman–Crippen LogP) is 0.919. The fourth-order valence-corrected chi connectivity index (χ4v) is 1.74. The molecule has 18 heavy (non-hydrogen) atoms. The number of aromatic nitrogens is 2. The highest BCUT2D eigenvalue weighted by Gasteiger charge is 2.07. The summed E-state index contributed by atoms with van der Waals surface area (Å²) in [6.07, 6.45) is 3.01. The number of carboxylic acid groups (broad SMARTS) is 1. The normalized spacial score (nSPS) is 10.2. The third-order valence-electron chi connectivity index (χ3n) is 2.58. The molecule has 0 atom stereocenters. The Morgan fingerprint density at radius 1 is 1.22 bits per heavy atom. The first-order valence-corrected chi connectivity index (χ1v) is 5.47. The molecule has 0 bridgehead atoms. The second kappa shape index (κ2) is 5.27. The third-order valence-corrected chi connectivity index (χ3v) is 2.58. The molecule has 0 fully saturated rings. The Bertz CT molecular complexity index is 619. The molecule has 0 saturated carbocycles. The van der Waals surface area contributed by atoms with E-state index in [0.29, 0.717) is 12.1 Å². The van der Waals surface area contributed by atoms with E-state index in [-0.39, 0.29) is 12.1 Å². The van der Waals surface area contributed by atoms with Crippen LogP contribution < -0.4 is 5.69 Å². The molecule has 1 aromatic carbocycles. The van der Waals surface area contributed by atoms with Crippen molar-refractivity contribution in [2.24, 2.45) is 0 Å². The lowest BCUT2D eigenvalue weighted by Gasteiger charge is -2.09. The van der Waals surface area contributed by atoms with Gasteiger partial charge >= 0.3 is 11.7 Å². The molecule has 1 N–H and O–H groups in total. The Morgan fingerprint density at radius 2 is 1.94 bits per heavy atom. The minimum Gasteiger partial charge on any atom is -0.481 e. The van der Waals surface area contributed by atoms with Crippen molar-refractivity contribution >= 4 is 5.97 Å². The summed E-state index contributed by atoms with van der Waals surface area (Å²) in [6.45, 7) is 0.329. The molecule has 0 spiro atoms. The summed E-state index contributed by atoms with van der Waals surface area (Å²) in [5, 5.41) is 8.83. The molecule has 0 unspecified atom stereocenters. The van der Waals surface area contributed by atoms with Crippen molar-refractivity contribution in [1.29, 1.82) is 0 Å². The van der Waals surface area contributed by atoms with Gasteiger partial charge in [-0.15, -0.1) is 0 Å². The third kappa shape index (κ3) is 2.82. The minimum atomic E-state index is -0.888. The Morgan fingerprint density at radius 3 is 2.61 bits per heavy atom. The van der Waals surface area contributed by atoms with Crippen LogP contribution in [-0.4, -0.2) is 20.6 Å². The van der Waals surface area contributed by atoms with Gasteiger partial charge in [-0.1, -0.05) is 24.3 Å². The number of hydrogen-bond acceptors (Lipinski definition) is 3. The number of benzene rings is 1. The van der Waals surface area contributed by atoms with Gasteiger partial charge < -0.3 is 5.11 Å². The van der Waals surface area contributed by atoms with Crippen LogP contribution in [0.4, 0.5) is 0 Å². The van der Waals surface area contributed by atoms with E-state index in [0.717, 1.165) is 5.56 Å². The second-order valence-electron chi connectivity index (χ2n) is 3.87. The van der Waals surface area contributed by atoms with Gasteiger partial charge in [0, 0.05) is 12.4 Å². The maximum atomic E-state index is 11.5. The van der Waals surface area contributed by atoms with Crippen LogP contribution in [-0.2, 0) is 17.8 Å². The molecule has 2 aromatic rings. The Balaban J connectivity index is 2.32. The summed E-state index contributed by atoms with van der Waals surface area (Å²) < 4.78 is 1.45. The maximum Gasteiger partial charge on any atom is 0.347 e. The highest BCUT2D eigenvalue weighted by Crippen LogP contribution is 2.10. The van der Waals surface area contributed by atoms with Crippen LogP contribution in [0.15, 0.2) is 47.5 Å². The average Bonchev–Trinajstić information content (AvgIpc) is 2.34. The molecule has 0 aliphatic rings. The smallest absolute Gasteiger partial charge is 0.347 e. The molecule has 0 radical (unpaired) electrons. The maximum absolute atomic E-state index is 11.5. The summed E-state index contributed by atoms with van der Waals surface area (Å²) in [7, 11) is 0. The van der Waals surface area contributed by atoms with E-state index in [4.69, 9.17) is 5.11 Å². The van der Waals surface area contributed by atoms with Crippen molar-refractivity contribution in [3.8, 4) is 0 Å². The zero-order valence-corrected chi connectivity index (χ0v) is 9.61. The van der Waals surface area contributed by atoms with Crippen molar-refractivity contribution in [1.82, 2.24) is 9.55 Å². The molecule has 2 rings (SSSR count).